The highest BCUT2D eigenvalue weighted by Crippen LogP contribution is 2.35. The number of methoxy groups -OCH3 is 2. The Morgan fingerprint density at radius 3 is 2.43 bits per heavy atom. The van der Waals surface area contributed by atoms with E-state index in [2.05, 4.69) is 6.07 Å². The van der Waals surface area contributed by atoms with Crippen molar-refractivity contribution in [3.05, 3.63) is 53.1 Å². The summed E-state index contributed by atoms with van der Waals surface area (Å²) in [6, 6.07) is 12.1. The number of nitrogens with zero attached hydrogens (tertiary/aromatic N) is 1. The van der Waals surface area contributed by atoms with Gasteiger partial charge in [-0.1, -0.05) is 12.1 Å². The van der Waals surface area contributed by atoms with E-state index in [1.165, 1.54) is 5.56 Å². The molecule has 1 aliphatic heterocycles. The van der Waals surface area contributed by atoms with E-state index in [0.29, 0.717) is 6.61 Å². The summed E-state index contributed by atoms with van der Waals surface area (Å²) in [4.78, 5) is 4.76. The molecule has 0 bridgehead atoms. The molecule has 0 saturated heterocycles. The van der Waals surface area contributed by atoms with Gasteiger partial charge in [0.15, 0.2) is 11.5 Å². The summed E-state index contributed by atoms with van der Waals surface area (Å²) < 4.78 is 16.6. The minimum atomic E-state index is 0.628. The summed E-state index contributed by atoms with van der Waals surface area (Å²) in [5.74, 6) is 2.33. The van der Waals surface area contributed by atoms with Crippen LogP contribution in [0.25, 0.3) is 0 Å². The van der Waals surface area contributed by atoms with Crippen LogP contribution in [0.1, 0.15) is 23.6 Å². The Morgan fingerprint density at radius 2 is 1.70 bits per heavy atom. The number of rotatable bonds is 5. The van der Waals surface area contributed by atoms with Crippen LogP contribution in [0.3, 0.4) is 0 Å². The predicted molar refractivity (Wildman–Crippen MR) is 91.4 cm³/mol. The zero-order valence-corrected chi connectivity index (χ0v) is 13.8. The molecule has 23 heavy (non-hydrogen) atoms. The first-order chi connectivity index (χ1) is 11.3. The number of ether oxygens (including phenoxy) is 3. The van der Waals surface area contributed by atoms with E-state index in [-0.39, 0.29) is 0 Å². The van der Waals surface area contributed by atoms with E-state index in [4.69, 9.17) is 19.2 Å². The molecule has 0 atom stereocenters. The van der Waals surface area contributed by atoms with Gasteiger partial charge >= 0.3 is 0 Å². The molecule has 2 aromatic rings. The fraction of sp³-hybridized carbons (Fsp3) is 0.316. The molecule has 0 spiro atoms. The number of aliphatic imine (C=N–C) groups is 1. The van der Waals surface area contributed by atoms with Crippen LogP contribution in [0.2, 0.25) is 0 Å². The van der Waals surface area contributed by atoms with Crippen LogP contribution in [0, 0.1) is 0 Å². The van der Waals surface area contributed by atoms with Crippen molar-refractivity contribution in [3.8, 4) is 17.2 Å². The first-order valence-corrected chi connectivity index (χ1v) is 7.80. The third kappa shape index (κ3) is 2.89. The number of para-hydroxylation sites is 1. The van der Waals surface area contributed by atoms with Gasteiger partial charge in [0, 0.05) is 17.7 Å². The van der Waals surface area contributed by atoms with E-state index in [0.717, 1.165) is 47.1 Å². The molecule has 4 heteroatoms. The second-order valence-electron chi connectivity index (χ2n) is 5.27. The molecule has 0 aromatic heterocycles. The molecule has 0 unspecified atom stereocenters. The van der Waals surface area contributed by atoms with Gasteiger partial charge in [-0.15, -0.1) is 0 Å². The minimum Gasteiger partial charge on any atom is -0.493 e. The van der Waals surface area contributed by atoms with Crippen molar-refractivity contribution in [2.45, 2.75) is 13.3 Å². The highest BCUT2D eigenvalue weighted by atomic mass is 16.5. The maximum absolute atomic E-state index is 5.77. The van der Waals surface area contributed by atoms with E-state index in [1.807, 2.05) is 37.3 Å². The van der Waals surface area contributed by atoms with E-state index in [9.17, 15) is 0 Å². The molecule has 0 amide bonds. The predicted octanol–water partition coefficient (Wildman–Crippen LogP) is 3.50. The van der Waals surface area contributed by atoms with Gasteiger partial charge in [0.1, 0.15) is 5.75 Å². The molecule has 0 radical (unpaired) electrons. The maximum Gasteiger partial charge on any atom is 0.161 e. The second-order valence-corrected chi connectivity index (χ2v) is 5.27. The van der Waals surface area contributed by atoms with Crippen LogP contribution < -0.4 is 14.2 Å². The molecule has 0 N–H and O–H groups in total. The van der Waals surface area contributed by atoms with Crippen molar-refractivity contribution in [2.24, 2.45) is 4.99 Å². The molecule has 0 fully saturated rings. The Morgan fingerprint density at radius 1 is 0.957 bits per heavy atom. The van der Waals surface area contributed by atoms with E-state index in [1.54, 1.807) is 14.2 Å². The summed E-state index contributed by atoms with van der Waals surface area (Å²) in [5.41, 5.74) is 4.28. The Balaban J connectivity index is 2.12. The summed E-state index contributed by atoms with van der Waals surface area (Å²) in [6.45, 7) is 3.38. The number of hydrogen-bond donors (Lipinski definition) is 0. The van der Waals surface area contributed by atoms with Crippen LogP contribution in [-0.4, -0.2) is 33.1 Å². The molecule has 0 aliphatic carbocycles. The van der Waals surface area contributed by atoms with Crippen molar-refractivity contribution in [1.29, 1.82) is 0 Å². The molecule has 1 aliphatic rings. The first-order valence-electron chi connectivity index (χ1n) is 7.80. The zero-order valence-electron chi connectivity index (χ0n) is 13.8. The quantitative estimate of drug-likeness (QED) is 0.848. The Kier molecular flexibility index (Phi) is 4.51. The van der Waals surface area contributed by atoms with Crippen LogP contribution in [0.5, 0.6) is 17.2 Å². The van der Waals surface area contributed by atoms with Crippen molar-refractivity contribution in [3.63, 3.8) is 0 Å². The van der Waals surface area contributed by atoms with E-state index < -0.39 is 0 Å². The summed E-state index contributed by atoms with van der Waals surface area (Å²) in [7, 11) is 3.31. The normalized spacial score (nSPS) is 13.1. The minimum absolute atomic E-state index is 0.628. The van der Waals surface area contributed by atoms with E-state index >= 15 is 0 Å². The van der Waals surface area contributed by atoms with Gasteiger partial charge in [-0.2, -0.15) is 0 Å². The number of hydrogen-bond acceptors (Lipinski definition) is 4. The lowest BCUT2D eigenvalue weighted by Gasteiger charge is -2.21. The maximum atomic E-state index is 5.77. The highest BCUT2D eigenvalue weighted by molar-refractivity contribution is 6.16. The molecule has 4 nitrogen and oxygen atoms in total. The summed E-state index contributed by atoms with van der Waals surface area (Å²) >= 11 is 0. The lowest BCUT2D eigenvalue weighted by atomic mass is 9.92. The lowest BCUT2D eigenvalue weighted by Crippen LogP contribution is -2.16. The van der Waals surface area contributed by atoms with Gasteiger partial charge < -0.3 is 14.2 Å². The highest BCUT2D eigenvalue weighted by Gasteiger charge is 2.21. The Bertz CT molecular complexity index is 737. The van der Waals surface area contributed by atoms with Crippen LogP contribution in [0.15, 0.2) is 41.4 Å². The standard InChI is InChI=1S/C19H21NO3/c1-4-23-16-8-6-5-7-14(16)19-15-12-18(22-3)17(21-2)11-13(15)9-10-20-19/h5-8,11-12H,4,9-10H2,1-3H3. The zero-order chi connectivity index (χ0) is 16.2. The average molecular weight is 311 g/mol. The molecule has 1 heterocycles. The lowest BCUT2D eigenvalue weighted by molar-refractivity contribution is 0.339. The smallest absolute Gasteiger partial charge is 0.161 e. The SMILES string of the molecule is CCOc1ccccc1C1=NCCc2cc(OC)c(OC)cc21. The molecule has 0 saturated carbocycles. The third-order valence-corrected chi connectivity index (χ3v) is 3.96. The largest absolute Gasteiger partial charge is 0.493 e. The van der Waals surface area contributed by atoms with Crippen molar-refractivity contribution in [2.75, 3.05) is 27.4 Å². The monoisotopic (exact) mass is 311 g/mol. The van der Waals surface area contributed by atoms with Crippen molar-refractivity contribution >= 4 is 5.71 Å². The topological polar surface area (TPSA) is 40.0 Å². The van der Waals surface area contributed by atoms with Crippen LogP contribution in [0.4, 0.5) is 0 Å². The Labute approximate surface area is 136 Å². The summed E-state index contributed by atoms with van der Waals surface area (Å²) in [5, 5.41) is 0. The Hall–Kier alpha value is -2.49. The molecular weight excluding hydrogens is 290 g/mol. The van der Waals surface area contributed by atoms with Crippen LogP contribution >= 0.6 is 0 Å². The first kappa shape index (κ1) is 15.4. The second kappa shape index (κ2) is 6.73. The van der Waals surface area contributed by atoms with Gasteiger partial charge in [0.25, 0.3) is 0 Å². The fourth-order valence-electron chi connectivity index (χ4n) is 2.90. The molecule has 2 aromatic carbocycles. The van der Waals surface area contributed by atoms with Crippen molar-refractivity contribution < 1.29 is 14.2 Å². The fourth-order valence-corrected chi connectivity index (χ4v) is 2.90. The molecule has 120 valence electrons. The van der Waals surface area contributed by atoms with Gasteiger partial charge in [0.05, 0.1) is 26.5 Å². The molecule has 3 rings (SSSR count). The number of fused-ring (bicyclic) bond motifs is 1. The van der Waals surface area contributed by atoms with Gasteiger partial charge in [-0.3, -0.25) is 4.99 Å². The van der Waals surface area contributed by atoms with Gasteiger partial charge in [-0.25, -0.2) is 0 Å². The van der Waals surface area contributed by atoms with Crippen LogP contribution in [-0.2, 0) is 6.42 Å². The molecular formula is C19H21NO3. The summed E-state index contributed by atoms with van der Waals surface area (Å²) in [6.07, 6.45) is 0.899. The van der Waals surface area contributed by atoms with Gasteiger partial charge in [0.2, 0.25) is 0 Å². The van der Waals surface area contributed by atoms with Gasteiger partial charge in [-0.05, 0) is 43.2 Å². The van der Waals surface area contributed by atoms with Crippen molar-refractivity contribution in [1.82, 2.24) is 0 Å². The average Bonchev–Trinajstić information content (AvgIpc) is 2.60. The third-order valence-electron chi connectivity index (χ3n) is 3.96. The number of benzene rings is 2.